The van der Waals surface area contributed by atoms with Crippen LogP contribution in [0.5, 0.6) is 5.75 Å². The Labute approximate surface area is 187 Å². The fraction of sp³-hybridized carbons (Fsp3) is 0.0526. The van der Waals surface area contributed by atoms with Gasteiger partial charge in [-0.05, 0) is 30.3 Å². The maximum absolute atomic E-state index is 14.4. The minimum Gasteiger partial charge on any atom is -0.495 e. The van der Waals surface area contributed by atoms with Gasteiger partial charge in [-0.2, -0.15) is 20.5 Å². The van der Waals surface area contributed by atoms with Crippen LogP contribution in [0, 0.1) is 15.9 Å². The number of hydrogen-bond acceptors (Lipinski definition) is 7. The zero-order valence-electron chi connectivity index (χ0n) is 16.2. The Morgan fingerprint density at radius 2 is 1.53 bits per heavy atom. The third-order valence-electron chi connectivity index (χ3n) is 4.24. The number of para-hydroxylation sites is 2. The van der Waals surface area contributed by atoms with Crippen LogP contribution in [0.25, 0.3) is 0 Å². The zero-order valence-corrected chi connectivity index (χ0v) is 18.6. The lowest BCUT2D eigenvalue weighted by Crippen LogP contribution is -2.38. The Morgan fingerprint density at radius 1 is 0.938 bits per heavy atom. The number of benzene rings is 3. The molecule has 13 heteroatoms. The van der Waals surface area contributed by atoms with E-state index in [1.807, 2.05) is 0 Å². The normalized spacial score (nSPS) is 11.7. The highest BCUT2D eigenvalue weighted by Crippen LogP contribution is 2.39. The fourth-order valence-corrected chi connectivity index (χ4v) is 7.06. The smallest absolute Gasteiger partial charge is 0.280 e. The van der Waals surface area contributed by atoms with Crippen molar-refractivity contribution in [2.45, 2.75) is 9.79 Å². The van der Waals surface area contributed by atoms with Crippen LogP contribution >= 0.6 is 11.6 Å². The molecule has 0 saturated carbocycles. The van der Waals surface area contributed by atoms with E-state index < -0.39 is 57.0 Å². The summed E-state index contributed by atoms with van der Waals surface area (Å²) >= 11 is 5.99. The summed E-state index contributed by atoms with van der Waals surface area (Å²) in [5.41, 5.74) is -1.11. The molecule has 0 amide bonds. The lowest BCUT2D eigenvalue weighted by molar-refractivity contribution is -0.385. The lowest BCUT2D eigenvalue weighted by atomic mass is 10.3. The number of non-ortho nitro benzene ring substituents is 1. The second kappa shape index (κ2) is 8.73. The van der Waals surface area contributed by atoms with E-state index in [4.69, 9.17) is 16.3 Å². The Hall–Kier alpha value is -3.22. The van der Waals surface area contributed by atoms with E-state index in [2.05, 4.69) is 0 Å². The van der Waals surface area contributed by atoms with Gasteiger partial charge in [-0.25, -0.2) is 4.39 Å². The highest BCUT2D eigenvalue weighted by Gasteiger charge is 2.41. The number of nitrogens with zero attached hydrogens (tertiary/aromatic N) is 2. The van der Waals surface area contributed by atoms with Crippen LogP contribution in [0.4, 0.5) is 15.8 Å². The first-order valence-electron chi connectivity index (χ1n) is 8.64. The van der Waals surface area contributed by atoms with Crippen molar-refractivity contribution in [2.24, 2.45) is 0 Å². The molecular formula is C19H14ClFN2O7S2. The quantitative estimate of drug-likeness (QED) is 0.355. The predicted molar refractivity (Wildman–Crippen MR) is 114 cm³/mol. The van der Waals surface area contributed by atoms with Crippen molar-refractivity contribution < 1.29 is 30.9 Å². The van der Waals surface area contributed by atoms with Crippen molar-refractivity contribution in [3.63, 3.8) is 0 Å². The highest BCUT2D eigenvalue weighted by molar-refractivity contribution is 8.10. The number of halogens is 2. The second-order valence-electron chi connectivity index (χ2n) is 6.18. The van der Waals surface area contributed by atoms with Gasteiger partial charge in [0.1, 0.15) is 27.0 Å². The van der Waals surface area contributed by atoms with Gasteiger partial charge in [0.2, 0.25) is 0 Å². The third kappa shape index (κ3) is 4.11. The predicted octanol–water partition coefficient (Wildman–Crippen LogP) is 3.98. The summed E-state index contributed by atoms with van der Waals surface area (Å²) in [5, 5.41) is 10.7. The molecular weight excluding hydrogens is 487 g/mol. The number of nitro benzene ring substituents is 1. The van der Waals surface area contributed by atoms with Crippen LogP contribution in [0.2, 0.25) is 5.02 Å². The summed E-state index contributed by atoms with van der Waals surface area (Å²) in [5.74, 6) is -1.37. The molecule has 0 aliphatic carbocycles. The Kier molecular flexibility index (Phi) is 6.39. The van der Waals surface area contributed by atoms with Crippen LogP contribution in [-0.2, 0) is 20.0 Å². The molecule has 0 saturated heterocycles. The number of hydrogen-bond donors (Lipinski definition) is 0. The second-order valence-corrected chi connectivity index (χ2v) is 10.3. The summed E-state index contributed by atoms with van der Waals surface area (Å²) in [4.78, 5) is 8.50. The van der Waals surface area contributed by atoms with Gasteiger partial charge in [0, 0.05) is 12.1 Å². The summed E-state index contributed by atoms with van der Waals surface area (Å²) in [6.45, 7) is 0. The van der Waals surface area contributed by atoms with Gasteiger partial charge in [-0.1, -0.05) is 35.9 Å². The molecule has 3 rings (SSSR count). The molecule has 0 aliphatic rings. The van der Waals surface area contributed by atoms with Gasteiger partial charge in [0.25, 0.3) is 25.7 Å². The van der Waals surface area contributed by atoms with E-state index in [1.165, 1.54) is 37.4 Å². The van der Waals surface area contributed by atoms with Crippen LogP contribution in [0.15, 0.2) is 76.5 Å². The standard InChI is InChI=1S/C19H14ClFN2O7S2/c1-30-17-8-4-3-7-16(17)23(31(26,27)18-9-5-2-6-15(18)21)32(28,29)19-12-13(22(24)25)10-11-14(19)20/h2-12H,1H3. The van der Waals surface area contributed by atoms with E-state index in [0.29, 0.717) is 6.07 Å². The molecule has 0 aromatic heterocycles. The maximum atomic E-state index is 14.4. The molecule has 0 N–H and O–H groups in total. The number of nitro groups is 1. The minimum absolute atomic E-state index is 0.0534. The molecule has 168 valence electrons. The van der Waals surface area contributed by atoms with Gasteiger partial charge in [0.05, 0.1) is 17.1 Å². The van der Waals surface area contributed by atoms with E-state index in [0.717, 1.165) is 30.3 Å². The third-order valence-corrected chi connectivity index (χ3v) is 8.90. The molecule has 0 atom stereocenters. The summed E-state index contributed by atoms with van der Waals surface area (Å²) in [6.07, 6.45) is 0. The van der Waals surface area contributed by atoms with Crippen molar-refractivity contribution in [1.82, 2.24) is 0 Å². The Morgan fingerprint density at radius 3 is 2.16 bits per heavy atom. The van der Waals surface area contributed by atoms with Crippen molar-refractivity contribution in [3.8, 4) is 5.75 Å². The van der Waals surface area contributed by atoms with Crippen LogP contribution < -0.4 is 8.45 Å². The molecule has 0 spiro atoms. The lowest BCUT2D eigenvalue weighted by Gasteiger charge is -2.26. The monoisotopic (exact) mass is 500 g/mol. The van der Waals surface area contributed by atoms with Crippen LogP contribution in [-0.4, -0.2) is 28.9 Å². The van der Waals surface area contributed by atoms with Crippen molar-refractivity contribution in [2.75, 3.05) is 10.8 Å². The first-order valence-corrected chi connectivity index (χ1v) is 11.9. The molecule has 0 radical (unpaired) electrons. The first-order chi connectivity index (χ1) is 15.0. The average molecular weight is 501 g/mol. The van der Waals surface area contributed by atoms with Crippen LogP contribution in [0.1, 0.15) is 0 Å². The number of sulfonamides is 2. The number of ether oxygens (including phenoxy) is 1. The number of methoxy groups -OCH3 is 1. The van der Waals surface area contributed by atoms with Gasteiger partial charge in [-0.3, -0.25) is 10.1 Å². The fourth-order valence-electron chi connectivity index (χ4n) is 2.80. The SMILES string of the molecule is COc1ccccc1N(S(=O)(=O)c1ccccc1F)S(=O)(=O)c1cc([N+](=O)[O-])ccc1Cl. The molecule has 3 aromatic rings. The topological polar surface area (TPSA) is 124 Å². The van der Waals surface area contributed by atoms with E-state index in [9.17, 15) is 31.3 Å². The summed E-state index contributed by atoms with van der Waals surface area (Å²) in [7, 11) is -9.06. The van der Waals surface area contributed by atoms with Crippen molar-refractivity contribution in [3.05, 3.63) is 87.7 Å². The molecule has 0 fully saturated rings. The largest absolute Gasteiger partial charge is 0.495 e. The molecule has 0 unspecified atom stereocenters. The van der Waals surface area contributed by atoms with Gasteiger partial charge in [0.15, 0.2) is 0 Å². The molecule has 0 aliphatic heterocycles. The Balaban J connectivity index is 2.40. The first kappa shape index (κ1) is 23.4. The van der Waals surface area contributed by atoms with E-state index in [1.54, 1.807) is 0 Å². The molecule has 32 heavy (non-hydrogen) atoms. The molecule has 0 heterocycles. The van der Waals surface area contributed by atoms with Gasteiger partial charge in [-0.15, -0.1) is 0 Å². The van der Waals surface area contributed by atoms with Crippen molar-refractivity contribution in [1.29, 1.82) is 0 Å². The minimum atomic E-state index is -5.13. The zero-order chi connectivity index (χ0) is 23.7. The molecule has 3 aromatic carbocycles. The molecule has 0 bridgehead atoms. The number of anilines is 1. The summed E-state index contributed by atoms with van der Waals surface area (Å²) < 4.78 is 73.6. The number of rotatable bonds is 7. The maximum Gasteiger partial charge on any atom is 0.280 e. The summed E-state index contributed by atoms with van der Waals surface area (Å²) in [6, 6.07) is 11.9. The molecule has 9 nitrogen and oxygen atoms in total. The Bertz CT molecular complexity index is 1410. The van der Waals surface area contributed by atoms with Gasteiger partial charge < -0.3 is 4.74 Å². The van der Waals surface area contributed by atoms with E-state index in [-0.39, 0.29) is 9.46 Å². The van der Waals surface area contributed by atoms with Gasteiger partial charge >= 0.3 is 0 Å². The average Bonchev–Trinajstić information content (AvgIpc) is 2.74. The van der Waals surface area contributed by atoms with E-state index >= 15 is 0 Å². The van der Waals surface area contributed by atoms with Crippen molar-refractivity contribution >= 4 is 43.0 Å². The van der Waals surface area contributed by atoms with Crippen LogP contribution in [0.3, 0.4) is 0 Å². The highest BCUT2D eigenvalue weighted by atomic mass is 35.5.